The highest BCUT2D eigenvalue weighted by Gasteiger charge is 2.65. The molecule has 2 heteroatoms. The largest absolute Gasteiger partial charge is 0.122 e. The fourth-order valence-electron chi connectivity index (χ4n) is 3.12. The molecular formula is C10H16Cl2. The first-order valence-electron chi connectivity index (χ1n) is 4.69. The molecular weight excluding hydrogens is 191 g/mol. The molecule has 70 valence electrons. The van der Waals surface area contributed by atoms with E-state index in [4.69, 9.17) is 23.2 Å². The minimum atomic E-state index is 0.154. The molecule has 4 atom stereocenters. The predicted octanol–water partition coefficient (Wildman–Crippen LogP) is 3.66. The molecule has 2 bridgehead atoms. The third-order valence-corrected chi connectivity index (χ3v) is 5.96. The molecule has 0 aliphatic heterocycles. The van der Waals surface area contributed by atoms with Crippen LogP contribution in [-0.2, 0) is 0 Å². The van der Waals surface area contributed by atoms with Crippen LogP contribution in [0.15, 0.2) is 0 Å². The highest BCUT2D eigenvalue weighted by Crippen LogP contribution is 2.68. The second-order valence-electron chi connectivity index (χ2n) is 5.11. The van der Waals surface area contributed by atoms with Gasteiger partial charge >= 0.3 is 0 Å². The first-order valence-corrected chi connectivity index (χ1v) is 5.56. The monoisotopic (exact) mass is 206 g/mol. The second kappa shape index (κ2) is 2.33. The zero-order valence-electron chi connectivity index (χ0n) is 7.90. The Balaban J connectivity index is 2.44. The smallest absolute Gasteiger partial charge is 0.0411 e. The lowest BCUT2D eigenvalue weighted by Crippen LogP contribution is -2.39. The van der Waals surface area contributed by atoms with Crippen molar-refractivity contribution in [2.24, 2.45) is 16.7 Å². The summed E-state index contributed by atoms with van der Waals surface area (Å²) in [5.74, 6) is 0.743. The summed E-state index contributed by atoms with van der Waals surface area (Å²) in [5, 5.41) is 0.572. The van der Waals surface area contributed by atoms with Crippen molar-refractivity contribution in [2.75, 3.05) is 0 Å². The molecule has 0 amide bonds. The zero-order chi connectivity index (χ0) is 9.15. The van der Waals surface area contributed by atoms with E-state index in [1.165, 1.54) is 0 Å². The summed E-state index contributed by atoms with van der Waals surface area (Å²) >= 11 is 12.7. The van der Waals surface area contributed by atoms with Gasteiger partial charge in [0.15, 0.2) is 0 Å². The average Bonchev–Trinajstić information content (AvgIpc) is 2.20. The molecule has 2 unspecified atom stereocenters. The van der Waals surface area contributed by atoms with E-state index in [0.717, 1.165) is 18.8 Å². The summed E-state index contributed by atoms with van der Waals surface area (Å²) < 4.78 is 0. The van der Waals surface area contributed by atoms with Crippen LogP contribution in [0.1, 0.15) is 33.6 Å². The van der Waals surface area contributed by atoms with E-state index >= 15 is 0 Å². The average molecular weight is 207 g/mol. The van der Waals surface area contributed by atoms with Gasteiger partial charge in [-0.2, -0.15) is 0 Å². The molecule has 2 rings (SSSR count). The van der Waals surface area contributed by atoms with Gasteiger partial charge in [-0.3, -0.25) is 0 Å². The Bertz CT molecular complexity index is 198. The Hall–Kier alpha value is 0.580. The van der Waals surface area contributed by atoms with Crippen LogP contribution in [-0.4, -0.2) is 10.8 Å². The Morgan fingerprint density at radius 1 is 1.00 bits per heavy atom. The van der Waals surface area contributed by atoms with E-state index in [1.807, 2.05) is 0 Å². The van der Waals surface area contributed by atoms with Crippen molar-refractivity contribution in [1.82, 2.24) is 0 Å². The summed E-state index contributed by atoms with van der Waals surface area (Å²) in [7, 11) is 0. The first-order chi connectivity index (χ1) is 5.40. The highest BCUT2D eigenvalue weighted by molar-refractivity contribution is 6.25. The highest BCUT2D eigenvalue weighted by atomic mass is 35.5. The van der Waals surface area contributed by atoms with Gasteiger partial charge in [-0.15, -0.1) is 23.2 Å². The SMILES string of the molecule is CC1(C)C2C[C@@H](Cl)C1(C)[C@@H](Cl)C2. The Kier molecular flexibility index (Phi) is 1.78. The van der Waals surface area contributed by atoms with Gasteiger partial charge < -0.3 is 0 Å². The van der Waals surface area contributed by atoms with Gasteiger partial charge in [0.05, 0.1) is 0 Å². The second-order valence-corrected chi connectivity index (χ2v) is 6.16. The predicted molar refractivity (Wildman–Crippen MR) is 53.9 cm³/mol. The summed E-state index contributed by atoms with van der Waals surface area (Å²) in [5.41, 5.74) is 0.493. The quantitative estimate of drug-likeness (QED) is 0.532. The van der Waals surface area contributed by atoms with Crippen molar-refractivity contribution in [3.8, 4) is 0 Å². The van der Waals surface area contributed by atoms with Crippen molar-refractivity contribution >= 4 is 23.2 Å². The molecule has 0 N–H and O–H groups in total. The van der Waals surface area contributed by atoms with Gasteiger partial charge in [0, 0.05) is 16.2 Å². The molecule has 0 heterocycles. The standard InChI is InChI=1S/C10H16Cl2/c1-9(2)6-4-7(11)10(9,3)8(12)5-6/h6-8H,4-5H2,1-3H3/t6?,7-,8+,10?. The summed E-state index contributed by atoms with van der Waals surface area (Å²) in [4.78, 5) is 0. The molecule has 0 nitrogen and oxygen atoms in total. The lowest BCUT2D eigenvalue weighted by Gasteiger charge is -2.39. The van der Waals surface area contributed by atoms with E-state index in [1.54, 1.807) is 0 Å². The van der Waals surface area contributed by atoms with Crippen LogP contribution in [0.4, 0.5) is 0 Å². The van der Waals surface area contributed by atoms with E-state index in [0.29, 0.717) is 5.41 Å². The molecule has 2 aliphatic rings. The molecule has 0 spiro atoms. The van der Waals surface area contributed by atoms with Crippen molar-refractivity contribution in [3.05, 3.63) is 0 Å². The van der Waals surface area contributed by atoms with Gasteiger partial charge in [0.2, 0.25) is 0 Å². The first kappa shape index (κ1) is 9.15. The van der Waals surface area contributed by atoms with Crippen LogP contribution in [0.5, 0.6) is 0 Å². The number of halogens is 2. The number of hydrogen-bond acceptors (Lipinski definition) is 0. The maximum atomic E-state index is 6.34. The number of rotatable bonds is 0. The van der Waals surface area contributed by atoms with E-state index in [-0.39, 0.29) is 16.2 Å². The number of hydrogen-bond donors (Lipinski definition) is 0. The molecule has 12 heavy (non-hydrogen) atoms. The normalized spacial score (nSPS) is 56.2. The van der Waals surface area contributed by atoms with Gasteiger partial charge in [-0.1, -0.05) is 20.8 Å². The van der Waals surface area contributed by atoms with Gasteiger partial charge in [0.1, 0.15) is 0 Å². The fourth-order valence-corrected chi connectivity index (χ4v) is 4.48. The molecule has 0 aromatic heterocycles. The van der Waals surface area contributed by atoms with Crippen molar-refractivity contribution < 1.29 is 0 Å². The molecule has 2 aliphatic carbocycles. The third-order valence-electron chi connectivity index (χ3n) is 4.69. The minimum Gasteiger partial charge on any atom is -0.122 e. The van der Waals surface area contributed by atoms with Gasteiger partial charge in [-0.05, 0) is 24.2 Å². The van der Waals surface area contributed by atoms with Crippen LogP contribution < -0.4 is 0 Å². The number of alkyl halides is 2. The molecule has 0 radical (unpaired) electrons. The maximum Gasteiger partial charge on any atom is 0.0411 e. The molecule has 0 aromatic carbocycles. The van der Waals surface area contributed by atoms with Crippen LogP contribution >= 0.6 is 23.2 Å². The lowest BCUT2D eigenvalue weighted by atomic mass is 9.70. The fraction of sp³-hybridized carbons (Fsp3) is 1.00. The molecule has 2 saturated carbocycles. The van der Waals surface area contributed by atoms with E-state index in [9.17, 15) is 0 Å². The van der Waals surface area contributed by atoms with Gasteiger partial charge in [-0.25, -0.2) is 0 Å². The minimum absolute atomic E-state index is 0.154. The van der Waals surface area contributed by atoms with Crippen LogP contribution in [0.25, 0.3) is 0 Å². The summed E-state index contributed by atoms with van der Waals surface area (Å²) in [6, 6.07) is 0. The van der Waals surface area contributed by atoms with Crippen LogP contribution in [0, 0.1) is 16.7 Å². The molecule has 2 fully saturated rings. The van der Waals surface area contributed by atoms with Crippen molar-refractivity contribution in [3.63, 3.8) is 0 Å². The third kappa shape index (κ3) is 0.767. The lowest BCUT2D eigenvalue weighted by molar-refractivity contribution is 0.157. The molecule has 0 aromatic rings. The Labute approximate surface area is 84.6 Å². The van der Waals surface area contributed by atoms with Crippen LogP contribution in [0.2, 0.25) is 0 Å². The Morgan fingerprint density at radius 3 is 1.58 bits per heavy atom. The van der Waals surface area contributed by atoms with E-state index < -0.39 is 0 Å². The van der Waals surface area contributed by atoms with Crippen molar-refractivity contribution in [1.29, 1.82) is 0 Å². The van der Waals surface area contributed by atoms with E-state index in [2.05, 4.69) is 20.8 Å². The Morgan fingerprint density at radius 2 is 1.42 bits per heavy atom. The molecule has 0 saturated heterocycles. The van der Waals surface area contributed by atoms with Crippen LogP contribution in [0.3, 0.4) is 0 Å². The number of fused-ring (bicyclic) bond motifs is 2. The summed E-state index contributed by atoms with van der Waals surface area (Å²) in [6.07, 6.45) is 2.32. The summed E-state index contributed by atoms with van der Waals surface area (Å²) in [6.45, 7) is 6.90. The van der Waals surface area contributed by atoms with Gasteiger partial charge in [0.25, 0.3) is 0 Å². The van der Waals surface area contributed by atoms with Crippen molar-refractivity contribution in [2.45, 2.75) is 44.4 Å². The topological polar surface area (TPSA) is 0 Å². The maximum absolute atomic E-state index is 6.34. The zero-order valence-corrected chi connectivity index (χ0v) is 9.41.